The number of nitrogens with zero attached hydrogens (tertiary/aromatic N) is 2. The summed E-state index contributed by atoms with van der Waals surface area (Å²) in [5.41, 5.74) is 1.18. The van der Waals surface area contributed by atoms with Crippen LogP contribution in [0.25, 0.3) is 0 Å². The second-order valence-corrected chi connectivity index (χ2v) is 6.59. The van der Waals surface area contributed by atoms with Crippen LogP contribution in [0, 0.1) is 10.1 Å². The van der Waals surface area contributed by atoms with Gasteiger partial charge in [0.2, 0.25) is 0 Å². The van der Waals surface area contributed by atoms with E-state index in [2.05, 4.69) is 0 Å². The summed E-state index contributed by atoms with van der Waals surface area (Å²) in [6.45, 7) is 2.27. The number of ketones is 1. The Bertz CT molecular complexity index is 878. The summed E-state index contributed by atoms with van der Waals surface area (Å²) >= 11 is 0. The zero-order valence-electron chi connectivity index (χ0n) is 15.9. The number of carbonyl (C=O) groups excluding carboxylic acids is 2. The summed E-state index contributed by atoms with van der Waals surface area (Å²) in [6, 6.07) is 13.1. The van der Waals surface area contributed by atoms with Gasteiger partial charge in [0.1, 0.15) is 0 Å². The van der Waals surface area contributed by atoms with E-state index in [1.54, 1.807) is 30.3 Å². The van der Waals surface area contributed by atoms with Crippen LogP contribution in [-0.2, 0) is 9.47 Å². The SMILES string of the molecule is O=C(CCCOC(=O)c1cc([N+](=O)[O-])ccc1N1CCOCC1)c1ccccc1. The van der Waals surface area contributed by atoms with Crippen molar-refractivity contribution in [1.82, 2.24) is 0 Å². The monoisotopic (exact) mass is 398 g/mol. The van der Waals surface area contributed by atoms with Crippen LogP contribution in [0.1, 0.15) is 33.6 Å². The van der Waals surface area contributed by atoms with E-state index in [9.17, 15) is 19.7 Å². The summed E-state index contributed by atoms with van der Waals surface area (Å²) < 4.78 is 10.6. The molecule has 0 atom stereocenters. The molecule has 1 aliphatic heterocycles. The van der Waals surface area contributed by atoms with Crippen molar-refractivity contribution in [3.05, 3.63) is 69.8 Å². The lowest BCUT2D eigenvalue weighted by molar-refractivity contribution is -0.384. The Labute approximate surface area is 168 Å². The van der Waals surface area contributed by atoms with E-state index in [4.69, 9.17) is 9.47 Å². The normalized spacial score (nSPS) is 13.7. The third-order valence-electron chi connectivity index (χ3n) is 4.64. The van der Waals surface area contributed by atoms with Crippen LogP contribution >= 0.6 is 0 Å². The molecule has 29 heavy (non-hydrogen) atoms. The molecule has 1 saturated heterocycles. The summed E-state index contributed by atoms with van der Waals surface area (Å²) in [4.78, 5) is 37.2. The van der Waals surface area contributed by atoms with Crippen molar-refractivity contribution in [3.8, 4) is 0 Å². The number of morpholine rings is 1. The summed E-state index contributed by atoms with van der Waals surface area (Å²) in [6.07, 6.45) is 0.629. The smallest absolute Gasteiger partial charge is 0.340 e. The van der Waals surface area contributed by atoms with Gasteiger partial charge >= 0.3 is 5.97 Å². The molecule has 0 aromatic heterocycles. The predicted octanol–water partition coefficient (Wildman–Crippen LogP) is 3.25. The van der Waals surface area contributed by atoms with Crippen LogP contribution in [0.5, 0.6) is 0 Å². The average molecular weight is 398 g/mol. The van der Waals surface area contributed by atoms with Crippen molar-refractivity contribution in [2.75, 3.05) is 37.8 Å². The van der Waals surface area contributed by atoms with Gasteiger partial charge in [0.25, 0.3) is 5.69 Å². The van der Waals surface area contributed by atoms with E-state index in [1.165, 1.54) is 12.1 Å². The van der Waals surface area contributed by atoms with Crippen molar-refractivity contribution in [2.45, 2.75) is 12.8 Å². The number of hydrogen-bond donors (Lipinski definition) is 0. The Morgan fingerprint density at radius 2 is 1.83 bits per heavy atom. The van der Waals surface area contributed by atoms with Gasteiger partial charge in [-0.1, -0.05) is 30.3 Å². The molecule has 0 bridgehead atoms. The highest BCUT2D eigenvalue weighted by molar-refractivity contribution is 5.97. The van der Waals surface area contributed by atoms with Crippen molar-refractivity contribution < 1.29 is 24.0 Å². The maximum Gasteiger partial charge on any atom is 0.340 e. The number of nitro groups is 1. The fraction of sp³-hybridized carbons (Fsp3) is 0.333. The van der Waals surface area contributed by atoms with Crippen LogP contribution in [0.2, 0.25) is 0 Å². The van der Waals surface area contributed by atoms with E-state index >= 15 is 0 Å². The molecule has 0 saturated carbocycles. The molecule has 1 aliphatic rings. The standard InChI is InChI=1S/C21H22N2O6/c24-20(16-5-2-1-3-6-16)7-4-12-29-21(25)18-15-17(23(26)27)8-9-19(18)22-10-13-28-14-11-22/h1-3,5-6,8-9,15H,4,7,10-14H2. The third kappa shape index (κ3) is 5.39. The topological polar surface area (TPSA) is 99.0 Å². The molecule has 3 rings (SSSR count). The minimum atomic E-state index is -0.637. The number of anilines is 1. The first-order chi connectivity index (χ1) is 14.1. The Morgan fingerprint density at radius 3 is 2.52 bits per heavy atom. The fourth-order valence-corrected chi connectivity index (χ4v) is 3.12. The zero-order valence-corrected chi connectivity index (χ0v) is 15.9. The summed E-state index contributed by atoms with van der Waals surface area (Å²) in [5, 5.41) is 11.1. The number of esters is 1. The minimum absolute atomic E-state index is 0.0222. The molecule has 2 aromatic rings. The third-order valence-corrected chi connectivity index (χ3v) is 4.64. The predicted molar refractivity (Wildman–Crippen MR) is 106 cm³/mol. The van der Waals surface area contributed by atoms with Gasteiger partial charge in [-0.25, -0.2) is 4.79 Å². The first-order valence-electron chi connectivity index (χ1n) is 9.43. The van der Waals surface area contributed by atoms with Gasteiger partial charge in [0.15, 0.2) is 5.78 Å². The van der Waals surface area contributed by atoms with Crippen LogP contribution < -0.4 is 4.90 Å². The second kappa shape index (κ2) is 9.79. The molecule has 8 heteroatoms. The van der Waals surface area contributed by atoms with E-state index in [1.807, 2.05) is 11.0 Å². The number of ether oxygens (including phenoxy) is 2. The highest BCUT2D eigenvalue weighted by Gasteiger charge is 2.23. The Balaban J connectivity index is 1.63. The van der Waals surface area contributed by atoms with Crippen LogP contribution in [0.15, 0.2) is 48.5 Å². The molecule has 0 amide bonds. The largest absolute Gasteiger partial charge is 0.462 e. The first kappa shape index (κ1) is 20.5. The number of Topliss-reactive ketones (excluding diaryl/α,β-unsaturated/α-hetero) is 1. The fourth-order valence-electron chi connectivity index (χ4n) is 3.12. The Morgan fingerprint density at radius 1 is 1.10 bits per heavy atom. The lowest BCUT2D eigenvalue weighted by atomic mass is 10.1. The van der Waals surface area contributed by atoms with Gasteiger partial charge in [-0.05, 0) is 12.5 Å². The van der Waals surface area contributed by atoms with Gasteiger partial charge < -0.3 is 14.4 Å². The molecule has 152 valence electrons. The highest BCUT2D eigenvalue weighted by Crippen LogP contribution is 2.27. The van der Waals surface area contributed by atoms with E-state index in [0.29, 0.717) is 44.0 Å². The Kier molecular flexibility index (Phi) is 6.91. The van der Waals surface area contributed by atoms with Gasteiger partial charge in [-0.2, -0.15) is 0 Å². The van der Waals surface area contributed by atoms with Crippen LogP contribution in [-0.4, -0.2) is 49.6 Å². The first-order valence-corrected chi connectivity index (χ1v) is 9.43. The van der Waals surface area contributed by atoms with Crippen molar-refractivity contribution in [3.63, 3.8) is 0 Å². The lowest BCUT2D eigenvalue weighted by Gasteiger charge is -2.30. The van der Waals surface area contributed by atoms with Crippen molar-refractivity contribution in [2.24, 2.45) is 0 Å². The molecule has 1 heterocycles. The van der Waals surface area contributed by atoms with E-state index < -0.39 is 10.9 Å². The Hall–Kier alpha value is -3.26. The number of benzene rings is 2. The number of hydrogen-bond acceptors (Lipinski definition) is 7. The maximum atomic E-state index is 12.6. The van der Waals surface area contributed by atoms with E-state index in [0.717, 1.165) is 0 Å². The molecule has 0 unspecified atom stereocenters. The van der Waals surface area contributed by atoms with Gasteiger partial charge in [0.05, 0.1) is 36.0 Å². The zero-order chi connectivity index (χ0) is 20.6. The number of carbonyl (C=O) groups is 2. The van der Waals surface area contributed by atoms with Crippen molar-refractivity contribution in [1.29, 1.82) is 0 Å². The van der Waals surface area contributed by atoms with Gasteiger partial charge in [-0.15, -0.1) is 0 Å². The quantitative estimate of drug-likeness (QED) is 0.221. The van der Waals surface area contributed by atoms with Crippen LogP contribution in [0.3, 0.4) is 0 Å². The molecule has 0 aliphatic carbocycles. The van der Waals surface area contributed by atoms with Gasteiger partial charge in [-0.3, -0.25) is 14.9 Å². The van der Waals surface area contributed by atoms with Gasteiger partial charge in [0, 0.05) is 37.2 Å². The molecular formula is C21H22N2O6. The van der Waals surface area contributed by atoms with Crippen molar-refractivity contribution >= 4 is 23.1 Å². The number of non-ortho nitro benzene ring substituents is 1. The number of nitro benzene ring substituents is 1. The summed E-state index contributed by atoms with van der Waals surface area (Å²) in [5.74, 6) is -0.659. The maximum absolute atomic E-state index is 12.6. The molecule has 0 spiro atoms. The number of rotatable bonds is 8. The second-order valence-electron chi connectivity index (χ2n) is 6.59. The minimum Gasteiger partial charge on any atom is -0.462 e. The lowest BCUT2D eigenvalue weighted by Crippen LogP contribution is -2.37. The molecule has 8 nitrogen and oxygen atoms in total. The molecule has 1 fully saturated rings. The highest BCUT2D eigenvalue weighted by atomic mass is 16.6. The summed E-state index contributed by atoms with van der Waals surface area (Å²) in [7, 11) is 0. The molecule has 0 radical (unpaired) electrons. The average Bonchev–Trinajstić information content (AvgIpc) is 2.77. The van der Waals surface area contributed by atoms with E-state index in [-0.39, 0.29) is 30.1 Å². The molecule has 2 aromatic carbocycles. The van der Waals surface area contributed by atoms with Crippen LogP contribution in [0.4, 0.5) is 11.4 Å². The molecular weight excluding hydrogens is 376 g/mol. The molecule has 0 N–H and O–H groups in total.